The van der Waals surface area contributed by atoms with Gasteiger partial charge in [0.15, 0.2) is 0 Å². The molecule has 0 spiro atoms. The van der Waals surface area contributed by atoms with Crippen molar-refractivity contribution in [2.75, 3.05) is 0 Å². The van der Waals surface area contributed by atoms with Gasteiger partial charge in [-0.1, -0.05) is 0 Å². The van der Waals surface area contributed by atoms with Gasteiger partial charge in [0.05, 0.1) is 17.2 Å². The Hall–Kier alpha value is -1.71. The molecule has 2 aromatic rings. The maximum absolute atomic E-state index is 12.8. The molecule has 0 aliphatic carbocycles. The van der Waals surface area contributed by atoms with Crippen molar-refractivity contribution in [3.8, 4) is 0 Å². The second-order valence-corrected chi connectivity index (χ2v) is 2.82. The van der Waals surface area contributed by atoms with Crippen LogP contribution in [0.3, 0.4) is 0 Å². The van der Waals surface area contributed by atoms with Crippen LogP contribution in [0.5, 0.6) is 0 Å². The lowest BCUT2D eigenvalue weighted by Gasteiger charge is -2.02. The van der Waals surface area contributed by atoms with Gasteiger partial charge in [-0.05, 0) is 18.2 Å². The van der Waals surface area contributed by atoms with Gasteiger partial charge in [-0.3, -0.25) is 4.79 Å². The first-order valence-corrected chi connectivity index (χ1v) is 3.79. The fraction of sp³-hybridized carbons (Fsp3) is 0.111. The minimum atomic E-state index is -0.419. The van der Waals surface area contributed by atoms with Crippen molar-refractivity contribution < 1.29 is 4.39 Å². The van der Waals surface area contributed by atoms with Gasteiger partial charge in [0.1, 0.15) is 5.82 Å². The molecule has 66 valence electrons. The summed E-state index contributed by atoms with van der Waals surface area (Å²) >= 11 is 0. The van der Waals surface area contributed by atoms with E-state index in [0.29, 0.717) is 10.9 Å². The second-order valence-electron chi connectivity index (χ2n) is 2.82. The van der Waals surface area contributed by atoms with E-state index in [0.717, 1.165) is 0 Å². The number of aromatic nitrogens is 2. The zero-order valence-corrected chi connectivity index (χ0v) is 6.99. The molecule has 4 heteroatoms. The third kappa shape index (κ3) is 1.20. The number of rotatable bonds is 0. The fourth-order valence-corrected chi connectivity index (χ4v) is 1.26. The number of hydrogen-bond donors (Lipinski definition) is 0. The highest BCUT2D eigenvalue weighted by atomic mass is 19.1. The van der Waals surface area contributed by atoms with E-state index >= 15 is 0 Å². The molecule has 0 unspecified atom stereocenters. The molecule has 0 saturated heterocycles. The molecule has 0 aliphatic heterocycles. The number of aryl methyl sites for hydroxylation is 1. The quantitative estimate of drug-likeness (QED) is 0.604. The molecular weight excluding hydrogens is 171 g/mol. The molecule has 0 saturated carbocycles. The Labute approximate surface area is 73.5 Å². The highest BCUT2D eigenvalue weighted by Gasteiger charge is 2.01. The lowest BCUT2D eigenvalue weighted by molar-refractivity contribution is 0.629. The summed E-state index contributed by atoms with van der Waals surface area (Å²) in [5, 5.41) is 0.310. The van der Waals surface area contributed by atoms with E-state index in [1.165, 1.54) is 18.5 Å². The van der Waals surface area contributed by atoms with Crippen LogP contribution in [0.2, 0.25) is 0 Å². The zero-order valence-electron chi connectivity index (χ0n) is 6.99. The van der Waals surface area contributed by atoms with Gasteiger partial charge in [-0.2, -0.15) is 4.98 Å². The van der Waals surface area contributed by atoms with Crippen molar-refractivity contribution in [2.45, 2.75) is 0 Å². The Balaban J connectivity index is 3.01. The Morgan fingerprint density at radius 1 is 1.46 bits per heavy atom. The molecule has 2 rings (SSSR count). The van der Waals surface area contributed by atoms with Crippen LogP contribution in [0.4, 0.5) is 4.39 Å². The lowest BCUT2D eigenvalue weighted by atomic mass is 10.2. The number of benzene rings is 1. The van der Waals surface area contributed by atoms with Crippen LogP contribution in [-0.2, 0) is 7.05 Å². The molecule has 3 nitrogen and oxygen atoms in total. The maximum atomic E-state index is 12.8. The van der Waals surface area contributed by atoms with Crippen LogP contribution in [0.25, 0.3) is 10.9 Å². The molecule has 13 heavy (non-hydrogen) atoms. The minimum absolute atomic E-state index is 0.310. The third-order valence-corrected chi connectivity index (χ3v) is 1.92. The standard InChI is InChI=1S/C9H7FN2O/c1-12-5-11-9(13)7-4-6(10)2-3-8(7)12/h2-5H,1H3. The van der Waals surface area contributed by atoms with Gasteiger partial charge in [-0.25, -0.2) is 4.39 Å². The summed E-state index contributed by atoms with van der Waals surface area (Å²) in [6, 6.07) is 4.08. The molecule has 1 heterocycles. The van der Waals surface area contributed by atoms with E-state index in [1.54, 1.807) is 17.7 Å². The van der Waals surface area contributed by atoms with Crippen LogP contribution in [0.15, 0.2) is 29.3 Å². The SMILES string of the molecule is Cn1cnc(=O)c2cc(F)ccc21. The minimum Gasteiger partial charge on any atom is -0.335 e. The van der Waals surface area contributed by atoms with Crippen molar-refractivity contribution >= 4 is 10.9 Å². The highest BCUT2D eigenvalue weighted by molar-refractivity contribution is 5.77. The molecule has 0 aliphatic rings. The van der Waals surface area contributed by atoms with E-state index < -0.39 is 11.4 Å². The molecule has 0 atom stereocenters. The van der Waals surface area contributed by atoms with Crippen molar-refractivity contribution in [3.63, 3.8) is 0 Å². The molecule has 0 radical (unpaired) electrons. The predicted octanol–water partition coefficient (Wildman–Crippen LogP) is 1.07. The summed E-state index contributed by atoms with van der Waals surface area (Å²) in [5.74, 6) is -0.419. The Morgan fingerprint density at radius 3 is 3.00 bits per heavy atom. The molecule has 0 N–H and O–H groups in total. The van der Waals surface area contributed by atoms with Crippen molar-refractivity contribution in [2.24, 2.45) is 7.05 Å². The monoisotopic (exact) mass is 178 g/mol. The zero-order chi connectivity index (χ0) is 9.42. The van der Waals surface area contributed by atoms with Gasteiger partial charge in [0.25, 0.3) is 5.56 Å². The van der Waals surface area contributed by atoms with E-state index in [9.17, 15) is 9.18 Å². The average molecular weight is 178 g/mol. The molecule has 1 aromatic carbocycles. The smallest absolute Gasteiger partial charge is 0.280 e. The number of fused-ring (bicyclic) bond motifs is 1. The molecule has 0 fully saturated rings. The lowest BCUT2D eigenvalue weighted by Crippen LogP contribution is -2.10. The first kappa shape index (κ1) is 7.91. The Kier molecular flexibility index (Phi) is 1.62. The van der Waals surface area contributed by atoms with Crippen LogP contribution < -0.4 is 5.56 Å². The predicted molar refractivity (Wildman–Crippen MR) is 46.9 cm³/mol. The first-order chi connectivity index (χ1) is 6.18. The van der Waals surface area contributed by atoms with Gasteiger partial charge in [-0.15, -0.1) is 0 Å². The summed E-state index contributed by atoms with van der Waals surface area (Å²) in [6.45, 7) is 0. The van der Waals surface area contributed by atoms with Crippen LogP contribution in [-0.4, -0.2) is 9.55 Å². The molecule has 0 bridgehead atoms. The van der Waals surface area contributed by atoms with Crippen molar-refractivity contribution in [3.05, 3.63) is 40.7 Å². The number of nitrogens with zero attached hydrogens (tertiary/aromatic N) is 2. The van der Waals surface area contributed by atoms with E-state index in [4.69, 9.17) is 0 Å². The molecular formula is C9H7FN2O. The summed E-state index contributed by atoms with van der Waals surface area (Å²) < 4.78 is 14.4. The summed E-state index contributed by atoms with van der Waals surface area (Å²) in [7, 11) is 1.76. The normalized spacial score (nSPS) is 10.6. The third-order valence-electron chi connectivity index (χ3n) is 1.92. The number of hydrogen-bond acceptors (Lipinski definition) is 2. The summed E-state index contributed by atoms with van der Waals surface area (Å²) in [6.07, 6.45) is 1.42. The number of halogens is 1. The molecule has 1 aromatic heterocycles. The van der Waals surface area contributed by atoms with Gasteiger partial charge in [0.2, 0.25) is 0 Å². The average Bonchev–Trinajstić information content (AvgIpc) is 2.12. The highest BCUT2D eigenvalue weighted by Crippen LogP contribution is 2.09. The Morgan fingerprint density at radius 2 is 2.23 bits per heavy atom. The largest absolute Gasteiger partial charge is 0.335 e. The first-order valence-electron chi connectivity index (χ1n) is 3.79. The fourth-order valence-electron chi connectivity index (χ4n) is 1.26. The van der Waals surface area contributed by atoms with Gasteiger partial charge in [0, 0.05) is 7.05 Å². The van der Waals surface area contributed by atoms with Crippen LogP contribution >= 0.6 is 0 Å². The van der Waals surface area contributed by atoms with Crippen molar-refractivity contribution in [1.29, 1.82) is 0 Å². The van der Waals surface area contributed by atoms with Crippen LogP contribution in [0, 0.1) is 5.82 Å². The van der Waals surface area contributed by atoms with E-state index in [1.807, 2.05) is 0 Å². The van der Waals surface area contributed by atoms with E-state index in [2.05, 4.69) is 4.98 Å². The summed E-state index contributed by atoms with van der Waals surface area (Å²) in [4.78, 5) is 14.8. The van der Waals surface area contributed by atoms with Crippen molar-refractivity contribution in [1.82, 2.24) is 9.55 Å². The maximum Gasteiger partial charge on any atom is 0.280 e. The van der Waals surface area contributed by atoms with Gasteiger partial charge >= 0.3 is 0 Å². The topological polar surface area (TPSA) is 34.9 Å². The molecule has 0 amide bonds. The summed E-state index contributed by atoms with van der Waals surface area (Å²) in [5.41, 5.74) is 0.286. The second kappa shape index (κ2) is 2.65. The van der Waals surface area contributed by atoms with Crippen LogP contribution in [0.1, 0.15) is 0 Å². The Bertz CT molecular complexity index is 518. The van der Waals surface area contributed by atoms with Gasteiger partial charge < -0.3 is 4.57 Å². The van der Waals surface area contributed by atoms with E-state index in [-0.39, 0.29) is 0 Å².